The second-order valence-electron chi connectivity index (χ2n) is 7.87. The van der Waals surface area contributed by atoms with E-state index in [9.17, 15) is 0 Å². The normalized spacial score (nSPS) is 16.0. The number of guanidine groups is 1. The molecule has 7 nitrogen and oxygen atoms in total. The maximum Gasteiger partial charge on any atom is 0.203 e. The van der Waals surface area contributed by atoms with Crippen LogP contribution in [0.5, 0.6) is 17.2 Å². The van der Waals surface area contributed by atoms with Gasteiger partial charge in [-0.1, -0.05) is 13.8 Å². The molecule has 0 saturated carbocycles. The second kappa shape index (κ2) is 11.8. The van der Waals surface area contributed by atoms with Gasteiger partial charge in [0.1, 0.15) is 0 Å². The van der Waals surface area contributed by atoms with Crippen LogP contribution in [-0.4, -0.2) is 64.9 Å². The summed E-state index contributed by atoms with van der Waals surface area (Å²) in [4.78, 5) is 7.00. The fourth-order valence-corrected chi connectivity index (χ4v) is 3.87. The molecule has 0 aliphatic carbocycles. The first-order valence-electron chi connectivity index (χ1n) is 10.5. The number of rotatable bonds is 10. The van der Waals surface area contributed by atoms with Gasteiger partial charge in [0.25, 0.3) is 0 Å². The maximum absolute atomic E-state index is 5.44. The number of ether oxygens (including phenoxy) is 3. The van der Waals surface area contributed by atoms with E-state index >= 15 is 0 Å². The molecule has 1 fully saturated rings. The molecule has 1 aliphatic heterocycles. The third-order valence-corrected chi connectivity index (χ3v) is 5.31. The molecule has 29 heavy (non-hydrogen) atoms. The summed E-state index contributed by atoms with van der Waals surface area (Å²) in [6.07, 6.45) is 3.81. The molecule has 0 bridgehead atoms. The Hall–Kier alpha value is -2.15. The molecular formula is C22H38N4O3. The minimum absolute atomic E-state index is 0.539. The van der Waals surface area contributed by atoms with Crippen molar-refractivity contribution in [1.29, 1.82) is 0 Å². The Bertz CT molecular complexity index is 632. The van der Waals surface area contributed by atoms with Crippen LogP contribution >= 0.6 is 0 Å². The van der Waals surface area contributed by atoms with Gasteiger partial charge in [-0.2, -0.15) is 0 Å². The van der Waals surface area contributed by atoms with E-state index in [1.165, 1.54) is 32.4 Å². The molecule has 1 unspecified atom stereocenters. The number of likely N-dealkylation sites (tertiary alicyclic amines) is 1. The lowest BCUT2D eigenvalue weighted by Gasteiger charge is -2.29. The topological polar surface area (TPSA) is 67.4 Å². The van der Waals surface area contributed by atoms with Crippen molar-refractivity contribution in [2.45, 2.75) is 45.7 Å². The van der Waals surface area contributed by atoms with E-state index in [-0.39, 0.29) is 0 Å². The summed E-state index contributed by atoms with van der Waals surface area (Å²) in [6.45, 7) is 8.50. The summed E-state index contributed by atoms with van der Waals surface area (Å²) >= 11 is 0. The Morgan fingerprint density at radius 1 is 1.03 bits per heavy atom. The molecule has 2 N–H and O–H groups in total. The van der Waals surface area contributed by atoms with Gasteiger partial charge < -0.3 is 24.8 Å². The highest BCUT2D eigenvalue weighted by Gasteiger charge is 2.23. The molecule has 1 aliphatic rings. The first-order valence-corrected chi connectivity index (χ1v) is 10.5. The van der Waals surface area contributed by atoms with Crippen LogP contribution in [-0.2, 0) is 6.54 Å². The minimum atomic E-state index is 0.539. The molecule has 1 aromatic rings. The van der Waals surface area contributed by atoms with Crippen LogP contribution in [0.25, 0.3) is 0 Å². The molecular weight excluding hydrogens is 368 g/mol. The van der Waals surface area contributed by atoms with Crippen LogP contribution in [0.3, 0.4) is 0 Å². The van der Waals surface area contributed by atoms with E-state index in [1.807, 2.05) is 12.1 Å². The van der Waals surface area contributed by atoms with Gasteiger partial charge in [-0.05, 0) is 56.0 Å². The molecule has 1 heterocycles. The lowest BCUT2D eigenvalue weighted by molar-refractivity contribution is 0.213. The lowest BCUT2D eigenvalue weighted by Crippen LogP contribution is -2.46. The number of hydrogen-bond donors (Lipinski definition) is 2. The summed E-state index contributed by atoms with van der Waals surface area (Å²) in [7, 11) is 6.67. The first-order chi connectivity index (χ1) is 14.0. The largest absolute Gasteiger partial charge is 0.493 e. The van der Waals surface area contributed by atoms with Crippen molar-refractivity contribution in [3.63, 3.8) is 0 Å². The minimum Gasteiger partial charge on any atom is -0.493 e. The zero-order valence-corrected chi connectivity index (χ0v) is 18.9. The van der Waals surface area contributed by atoms with Gasteiger partial charge in [-0.15, -0.1) is 0 Å². The molecule has 0 spiro atoms. The summed E-state index contributed by atoms with van der Waals surface area (Å²) < 4.78 is 16.3. The van der Waals surface area contributed by atoms with Crippen molar-refractivity contribution in [2.24, 2.45) is 10.9 Å². The quantitative estimate of drug-likeness (QED) is 0.460. The molecule has 0 amide bonds. The molecule has 1 atom stereocenters. The van der Waals surface area contributed by atoms with Gasteiger partial charge in [-0.3, -0.25) is 9.89 Å². The Balaban J connectivity index is 1.97. The average Bonchev–Trinajstić information content (AvgIpc) is 3.26. The van der Waals surface area contributed by atoms with Crippen molar-refractivity contribution < 1.29 is 14.2 Å². The number of aliphatic imine (C=N–C) groups is 1. The zero-order chi connectivity index (χ0) is 21.2. The van der Waals surface area contributed by atoms with Gasteiger partial charge in [0.15, 0.2) is 17.5 Å². The van der Waals surface area contributed by atoms with Crippen molar-refractivity contribution in [1.82, 2.24) is 15.5 Å². The Labute approximate surface area is 175 Å². The molecule has 2 rings (SSSR count). The second-order valence-corrected chi connectivity index (χ2v) is 7.87. The van der Waals surface area contributed by atoms with Crippen molar-refractivity contribution in [3.8, 4) is 17.2 Å². The molecule has 1 saturated heterocycles. The van der Waals surface area contributed by atoms with Crippen LogP contribution in [0, 0.1) is 5.92 Å². The predicted octanol–water partition coefficient (Wildman–Crippen LogP) is 2.89. The zero-order valence-electron chi connectivity index (χ0n) is 18.9. The fraction of sp³-hybridized carbons (Fsp3) is 0.682. The Morgan fingerprint density at radius 3 is 2.14 bits per heavy atom. The molecule has 0 radical (unpaired) electrons. The first kappa shape index (κ1) is 23.1. The van der Waals surface area contributed by atoms with Crippen LogP contribution in [0.1, 0.15) is 38.7 Å². The molecule has 0 aromatic heterocycles. The number of methoxy groups -OCH3 is 3. The van der Waals surface area contributed by atoms with E-state index in [2.05, 4.69) is 34.4 Å². The van der Waals surface area contributed by atoms with Gasteiger partial charge in [0.2, 0.25) is 5.75 Å². The highest BCUT2D eigenvalue weighted by molar-refractivity contribution is 5.79. The van der Waals surface area contributed by atoms with Crippen LogP contribution in [0.4, 0.5) is 0 Å². The number of nitrogens with zero attached hydrogens (tertiary/aromatic N) is 2. The molecule has 7 heteroatoms. The van der Waals surface area contributed by atoms with E-state index < -0.39 is 0 Å². The third kappa shape index (κ3) is 6.70. The third-order valence-electron chi connectivity index (χ3n) is 5.31. The van der Waals surface area contributed by atoms with E-state index in [0.717, 1.165) is 18.1 Å². The maximum atomic E-state index is 5.44. The average molecular weight is 407 g/mol. The summed E-state index contributed by atoms with van der Waals surface area (Å²) in [5.41, 5.74) is 1.03. The highest BCUT2D eigenvalue weighted by Crippen LogP contribution is 2.38. The number of hydrogen-bond acceptors (Lipinski definition) is 5. The SMILES string of the molecule is CN=C(NCc1cc(OC)c(OC)c(OC)c1)NCC(CC(C)C)N1CCCC1. The van der Waals surface area contributed by atoms with E-state index in [4.69, 9.17) is 14.2 Å². The fourth-order valence-electron chi connectivity index (χ4n) is 3.87. The van der Waals surface area contributed by atoms with Crippen LogP contribution in [0.2, 0.25) is 0 Å². The van der Waals surface area contributed by atoms with Crippen LogP contribution < -0.4 is 24.8 Å². The van der Waals surface area contributed by atoms with Crippen molar-refractivity contribution in [3.05, 3.63) is 17.7 Å². The van der Waals surface area contributed by atoms with Crippen molar-refractivity contribution in [2.75, 3.05) is 48.0 Å². The summed E-state index contributed by atoms with van der Waals surface area (Å²) in [5.74, 6) is 3.38. The van der Waals surface area contributed by atoms with Crippen LogP contribution in [0.15, 0.2) is 17.1 Å². The van der Waals surface area contributed by atoms with Gasteiger partial charge in [0, 0.05) is 26.2 Å². The predicted molar refractivity (Wildman–Crippen MR) is 118 cm³/mol. The molecule has 164 valence electrons. The number of benzene rings is 1. The highest BCUT2D eigenvalue weighted by atomic mass is 16.5. The van der Waals surface area contributed by atoms with Gasteiger partial charge in [0.05, 0.1) is 21.3 Å². The Kier molecular flexibility index (Phi) is 9.38. The Morgan fingerprint density at radius 2 is 1.66 bits per heavy atom. The lowest BCUT2D eigenvalue weighted by atomic mass is 10.0. The van der Waals surface area contributed by atoms with E-state index in [1.54, 1.807) is 28.4 Å². The standard InChI is InChI=1S/C22H38N4O3/c1-16(2)11-18(26-9-7-8-10-26)15-25-22(23-3)24-14-17-12-19(27-4)21(29-6)20(13-17)28-5/h12-13,16,18H,7-11,14-15H2,1-6H3,(H2,23,24,25). The monoisotopic (exact) mass is 406 g/mol. The number of nitrogens with one attached hydrogen (secondary N) is 2. The van der Waals surface area contributed by atoms with Gasteiger partial charge >= 0.3 is 0 Å². The summed E-state index contributed by atoms with van der Waals surface area (Å²) in [6, 6.07) is 4.44. The molecule has 1 aromatic carbocycles. The van der Waals surface area contributed by atoms with Gasteiger partial charge in [-0.25, -0.2) is 0 Å². The summed E-state index contributed by atoms with van der Waals surface area (Å²) in [5, 5.41) is 6.91. The van der Waals surface area contributed by atoms with E-state index in [0.29, 0.717) is 35.8 Å². The smallest absolute Gasteiger partial charge is 0.203 e. The van der Waals surface area contributed by atoms with Crippen molar-refractivity contribution >= 4 is 5.96 Å².